The molecule has 5 nitrogen and oxygen atoms in total. The molecule has 1 amide bonds. The number of para-hydroxylation sites is 1. The number of hydrogen-bond acceptors (Lipinski definition) is 3. The Balaban J connectivity index is 1.39. The Morgan fingerprint density at radius 1 is 1.10 bits per heavy atom. The highest BCUT2D eigenvalue weighted by molar-refractivity contribution is 5.94. The van der Waals surface area contributed by atoms with Crippen LogP contribution >= 0.6 is 0 Å². The molecule has 2 heterocycles. The van der Waals surface area contributed by atoms with Crippen molar-refractivity contribution in [2.24, 2.45) is 5.92 Å². The molecule has 0 N–H and O–H groups in total. The molecule has 1 atom stereocenters. The lowest BCUT2D eigenvalue weighted by Gasteiger charge is -2.32. The SMILES string of the molecule is Cc1cc(C)n(Cc2cccc(C(=O)N3CCCC(COc4ccccc4)C3)c2)n1. The van der Waals surface area contributed by atoms with Gasteiger partial charge in [-0.25, -0.2) is 0 Å². The van der Waals surface area contributed by atoms with Gasteiger partial charge in [0.25, 0.3) is 5.91 Å². The van der Waals surface area contributed by atoms with Gasteiger partial charge in [0.05, 0.1) is 18.8 Å². The second kappa shape index (κ2) is 9.16. The summed E-state index contributed by atoms with van der Waals surface area (Å²) in [5.41, 5.74) is 3.98. The van der Waals surface area contributed by atoms with Crippen molar-refractivity contribution in [2.45, 2.75) is 33.2 Å². The van der Waals surface area contributed by atoms with E-state index in [2.05, 4.69) is 24.2 Å². The molecule has 0 bridgehead atoms. The van der Waals surface area contributed by atoms with Crippen LogP contribution in [0.3, 0.4) is 0 Å². The molecule has 0 aliphatic carbocycles. The van der Waals surface area contributed by atoms with Gasteiger partial charge in [-0.2, -0.15) is 5.10 Å². The molecular formula is C25H29N3O2. The Kier molecular flexibility index (Phi) is 6.17. The molecule has 30 heavy (non-hydrogen) atoms. The number of rotatable bonds is 6. The number of aryl methyl sites for hydroxylation is 2. The number of ether oxygens (including phenoxy) is 1. The van der Waals surface area contributed by atoms with Gasteiger partial charge in [-0.3, -0.25) is 9.48 Å². The van der Waals surface area contributed by atoms with E-state index >= 15 is 0 Å². The first-order valence-electron chi connectivity index (χ1n) is 10.7. The quantitative estimate of drug-likeness (QED) is 0.610. The van der Waals surface area contributed by atoms with E-state index in [-0.39, 0.29) is 5.91 Å². The van der Waals surface area contributed by atoms with E-state index in [1.54, 1.807) is 0 Å². The minimum Gasteiger partial charge on any atom is -0.493 e. The Morgan fingerprint density at radius 2 is 1.93 bits per heavy atom. The minimum absolute atomic E-state index is 0.106. The van der Waals surface area contributed by atoms with Gasteiger partial charge in [0.2, 0.25) is 0 Å². The number of amides is 1. The fraction of sp³-hybridized carbons (Fsp3) is 0.360. The molecule has 0 radical (unpaired) electrons. The largest absolute Gasteiger partial charge is 0.493 e. The second-order valence-corrected chi connectivity index (χ2v) is 8.17. The molecule has 1 aliphatic heterocycles. The van der Waals surface area contributed by atoms with Gasteiger partial charge in [0, 0.05) is 30.3 Å². The Morgan fingerprint density at radius 3 is 2.70 bits per heavy atom. The summed E-state index contributed by atoms with van der Waals surface area (Å²) in [6.07, 6.45) is 2.11. The number of carbonyl (C=O) groups excluding carboxylic acids is 1. The first kappa shape index (κ1) is 20.2. The topological polar surface area (TPSA) is 47.4 Å². The van der Waals surface area contributed by atoms with Crippen LogP contribution in [-0.4, -0.2) is 40.3 Å². The standard InChI is InChI=1S/C25H29N3O2/c1-19-14-20(2)28(26-19)17-21-8-6-10-23(15-21)25(29)27-13-7-9-22(16-27)18-30-24-11-4-3-5-12-24/h3-6,8,10-12,14-15,22H,7,9,13,16-18H2,1-2H3. The lowest BCUT2D eigenvalue weighted by Crippen LogP contribution is -2.41. The summed E-state index contributed by atoms with van der Waals surface area (Å²) in [5.74, 6) is 1.35. The summed E-state index contributed by atoms with van der Waals surface area (Å²) in [5, 5.41) is 4.53. The van der Waals surface area contributed by atoms with Crippen LogP contribution in [0.15, 0.2) is 60.7 Å². The van der Waals surface area contributed by atoms with Crippen molar-refractivity contribution in [3.63, 3.8) is 0 Å². The minimum atomic E-state index is 0.106. The molecule has 0 saturated carbocycles. The van der Waals surface area contributed by atoms with Crippen LogP contribution in [0.1, 0.15) is 40.2 Å². The number of likely N-dealkylation sites (tertiary alicyclic amines) is 1. The molecule has 1 unspecified atom stereocenters. The number of carbonyl (C=O) groups is 1. The van der Waals surface area contributed by atoms with E-state index in [1.165, 1.54) is 0 Å². The molecule has 1 saturated heterocycles. The maximum atomic E-state index is 13.2. The van der Waals surface area contributed by atoms with Crippen molar-refractivity contribution in [3.05, 3.63) is 83.2 Å². The van der Waals surface area contributed by atoms with Crippen LogP contribution in [-0.2, 0) is 6.54 Å². The first-order valence-corrected chi connectivity index (χ1v) is 10.7. The van der Waals surface area contributed by atoms with E-state index in [1.807, 2.05) is 65.0 Å². The predicted molar refractivity (Wildman–Crippen MR) is 118 cm³/mol. The highest BCUT2D eigenvalue weighted by atomic mass is 16.5. The molecule has 3 aromatic rings. The highest BCUT2D eigenvalue weighted by Gasteiger charge is 2.25. The number of benzene rings is 2. The maximum Gasteiger partial charge on any atom is 0.253 e. The van der Waals surface area contributed by atoms with Gasteiger partial charge in [-0.1, -0.05) is 30.3 Å². The first-order chi connectivity index (χ1) is 14.6. The molecule has 1 aromatic heterocycles. The summed E-state index contributed by atoms with van der Waals surface area (Å²) in [6.45, 7) is 6.92. The van der Waals surface area contributed by atoms with Crippen LogP contribution in [0.25, 0.3) is 0 Å². The van der Waals surface area contributed by atoms with Crippen molar-refractivity contribution >= 4 is 5.91 Å². The van der Waals surface area contributed by atoms with Crippen molar-refractivity contribution in [3.8, 4) is 5.75 Å². The van der Waals surface area contributed by atoms with Crippen molar-refractivity contribution in [1.82, 2.24) is 14.7 Å². The molecule has 2 aromatic carbocycles. The number of nitrogens with zero attached hydrogens (tertiary/aromatic N) is 3. The molecule has 4 rings (SSSR count). The van der Waals surface area contributed by atoms with E-state index in [0.717, 1.165) is 54.2 Å². The molecule has 1 aliphatic rings. The summed E-state index contributed by atoms with van der Waals surface area (Å²) in [7, 11) is 0. The lowest BCUT2D eigenvalue weighted by molar-refractivity contribution is 0.0633. The van der Waals surface area contributed by atoms with Gasteiger partial charge < -0.3 is 9.64 Å². The van der Waals surface area contributed by atoms with E-state index < -0.39 is 0 Å². The molecule has 1 fully saturated rings. The third-order valence-corrected chi connectivity index (χ3v) is 5.64. The average molecular weight is 404 g/mol. The Bertz CT molecular complexity index is 997. The van der Waals surface area contributed by atoms with Gasteiger partial charge in [-0.05, 0) is 62.6 Å². The van der Waals surface area contributed by atoms with Gasteiger partial charge in [0.1, 0.15) is 5.75 Å². The average Bonchev–Trinajstić information content (AvgIpc) is 3.09. The van der Waals surface area contributed by atoms with Crippen molar-refractivity contribution in [1.29, 1.82) is 0 Å². The van der Waals surface area contributed by atoms with E-state index in [9.17, 15) is 4.79 Å². The summed E-state index contributed by atoms with van der Waals surface area (Å²) < 4.78 is 7.91. The normalized spacial score (nSPS) is 16.5. The monoisotopic (exact) mass is 403 g/mol. The fourth-order valence-electron chi connectivity index (χ4n) is 4.11. The second-order valence-electron chi connectivity index (χ2n) is 8.17. The van der Waals surface area contributed by atoms with Gasteiger partial charge in [-0.15, -0.1) is 0 Å². The van der Waals surface area contributed by atoms with E-state index in [0.29, 0.717) is 19.1 Å². The van der Waals surface area contributed by atoms with Gasteiger partial charge >= 0.3 is 0 Å². The number of aromatic nitrogens is 2. The zero-order chi connectivity index (χ0) is 20.9. The Hall–Kier alpha value is -3.08. The lowest BCUT2D eigenvalue weighted by atomic mass is 9.98. The molecule has 156 valence electrons. The van der Waals surface area contributed by atoms with Crippen molar-refractivity contribution in [2.75, 3.05) is 19.7 Å². The van der Waals surface area contributed by atoms with Crippen LogP contribution in [0.4, 0.5) is 0 Å². The summed E-state index contributed by atoms with van der Waals surface area (Å²) in [4.78, 5) is 15.1. The maximum absolute atomic E-state index is 13.2. The van der Waals surface area contributed by atoms with Crippen LogP contribution in [0.2, 0.25) is 0 Å². The number of piperidine rings is 1. The third-order valence-electron chi connectivity index (χ3n) is 5.64. The van der Waals surface area contributed by atoms with Crippen LogP contribution in [0.5, 0.6) is 5.75 Å². The van der Waals surface area contributed by atoms with E-state index in [4.69, 9.17) is 4.74 Å². The molecular weight excluding hydrogens is 374 g/mol. The zero-order valence-electron chi connectivity index (χ0n) is 17.8. The Labute approximate surface area is 178 Å². The third kappa shape index (κ3) is 4.90. The fourth-order valence-corrected chi connectivity index (χ4v) is 4.11. The zero-order valence-corrected chi connectivity index (χ0v) is 17.8. The highest BCUT2D eigenvalue weighted by Crippen LogP contribution is 2.21. The van der Waals surface area contributed by atoms with Gasteiger partial charge in [0.15, 0.2) is 0 Å². The summed E-state index contributed by atoms with van der Waals surface area (Å²) in [6, 6.07) is 19.9. The molecule has 5 heteroatoms. The van der Waals surface area contributed by atoms with Crippen LogP contribution < -0.4 is 4.74 Å². The van der Waals surface area contributed by atoms with Crippen LogP contribution in [0, 0.1) is 19.8 Å². The number of hydrogen-bond donors (Lipinski definition) is 0. The van der Waals surface area contributed by atoms with Crippen molar-refractivity contribution < 1.29 is 9.53 Å². The predicted octanol–water partition coefficient (Wildman–Crippen LogP) is 4.48. The molecule has 0 spiro atoms. The summed E-state index contributed by atoms with van der Waals surface area (Å²) >= 11 is 0. The smallest absolute Gasteiger partial charge is 0.253 e.